The summed E-state index contributed by atoms with van der Waals surface area (Å²) in [5.74, 6) is 2.35. The van der Waals surface area contributed by atoms with Crippen LogP contribution in [-0.4, -0.2) is 63.0 Å². The SMILES string of the molecule is C#Cc1ccc2c(c1)-n1nc(C(N)=O)c(CO)c1CCO2.CN1CCC(O)C1=O. The van der Waals surface area contributed by atoms with Crippen LogP contribution in [0.4, 0.5) is 0 Å². The van der Waals surface area contributed by atoms with E-state index in [0.717, 1.165) is 0 Å². The van der Waals surface area contributed by atoms with Crippen LogP contribution in [0.1, 0.15) is 33.7 Å². The number of aliphatic hydroxyl groups is 2. The summed E-state index contributed by atoms with van der Waals surface area (Å²) >= 11 is 0. The standard InChI is InChI=1S/C15H13N3O3.C5H9NO2/c1-2-9-3-4-13-12(7-9)18-11(5-6-21-13)10(8-19)14(17-18)15(16)20;1-6-3-2-4(7)5(6)8/h1,3-4,7,19H,5-6,8H2,(H2,16,20);4,7H,2-3H2,1H3. The number of aromatic nitrogens is 2. The summed E-state index contributed by atoms with van der Waals surface area (Å²) in [6.45, 7) is 0.803. The highest BCUT2D eigenvalue weighted by atomic mass is 16.5. The number of primary amides is 1. The molecule has 0 saturated carbocycles. The van der Waals surface area contributed by atoms with Gasteiger partial charge in [0.15, 0.2) is 5.69 Å². The molecule has 2 amide bonds. The number of ether oxygens (including phenoxy) is 1. The molecule has 1 aromatic heterocycles. The van der Waals surface area contributed by atoms with Crippen molar-refractivity contribution in [1.82, 2.24) is 14.7 Å². The van der Waals surface area contributed by atoms with Crippen LogP contribution in [0, 0.1) is 12.3 Å². The molecule has 152 valence electrons. The van der Waals surface area contributed by atoms with Gasteiger partial charge in [0.2, 0.25) is 0 Å². The van der Waals surface area contributed by atoms with E-state index in [-0.39, 0.29) is 18.2 Å². The molecule has 9 nitrogen and oxygen atoms in total. The second-order valence-corrected chi connectivity index (χ2v) is 6.70. The Kier molecular flexibility index (Phi) is 5.87. The smallest absolute Gasteiger partial charge is 0.269 e. The van der Waals surface area contributed by atoms with Gasteiger partial charge in [0.1, 0.15) is 17.5 Å². The Morgan fingerprint density at radius 3 is 2.76 bits per heavy atom. The summed E-state index contributed by atoms with van der Waals surface area (Å²) in [7, 11) is 1.69. The molecule has 0 aliphatic carbocycles. The Hall–Kier alpha value is -3.35. The van der Waals surface area contributed by atoms with Crippen LogP contribution in [0.3, 0.4) is 0 Å². The Bertz CT molecular complexity index is 979. The molecule has 1 saturated heterocycles. The molecular formula is C20H22N4O5. The third-order valence-electron chi connectivity index (χ3n) is 4.83. The fourth-order valence-corrected chi connectivity index (χ4v) is 3.26. The minimum Gasteiger partial charge on any atom is -0.491 e. The van der Waals surface area contributed by atoms with Crippen molar-refractivity contribution in [2.75, 3.05) is 20.2 Å². The normalized spacial score (nSPS) is 17.2. The van der Waals surface area contributed by atoms with Crippen molar-refractivity contribution < 1.29 is 24.5 Å². The summed E-state index contributed by atoms with van der Waals surface area (Å²) in [5.41, 5.74) is 7.86. The maximum atomic E-state index is 11.5. The van der Waals surface area contributed by atoms with E-state index < -0.39 is 12.0 Å². The molecule has 2 aromatic rings. The van der Waals surface area contributed by atoms with E-state index in [1.165, 1.54) is 4.90 Å². The van der Waals surface area contributed by atoms with Crippen molar-refractivity contribution in [3.05, 3.63) is 40.7 Å². The van der Waals surface area contributed by atoms with Gasteiger partial charge in [0, 0.05) is 31.1 Å². The van der Waals surface area contributed by atoms with Crippen molar-refractivity contribution >= 4 is 11.8 Å². The lowest BCUT2D eigenvalue weighted by molar-refractivity contribution is -0.133. The number of hydrogen-bond acceptors (Lipinski definition) is 6. The fourth-order valence-electron chi connectivity index (χ4n) is 3.26. The Morgan fingerprint density at radius 2 is 2.24 bits per heavy atom. The number of likely N-dealkylation sites (tertiary alicyclic amines) is 1. The van der Waals surface area contributed by atoms with Crippen LogP contribution in [-0.2, 0) is 17.8 Å². The number of benzene rings is 1. The van der Waals surface area contributed by atoms with Gasteiger partial charge in [-0.05, 0) is 24.6 Å². The molecule has 2 aliphatic rings. The first kappa shape index (κ1) is 20.4. The number of nitrogens with zero attached hydrogens (tertiary/aromatic N) is 3. The van der Waals surface area contributed by atoms with Crippen LogP contribution in [0.5, 0.6) is 5.75 Å². The summed E-state index contributed by atoms with van der Waals surface area (Å²) in [6, 6.07) is 5.29. The average Bonchev–Trinajstić information content (AvgIpc) is 3.17. The van der Waals surface area contributed by atoms with Crippen molar-refractivity contribution in [2.24, 2.45) is 5.73 Å². The number of terminal acetylenes is 1. The minimum absolute atomic E-state index is 0.0754. The van der Waals surface area contributed by atoms with E-state index in [1.807, 2.05) is 0 Å². The van der Waals surface area contributed by atoms with Crippen molar-refractivity contribution in [2.45, 2.75) is 25.6 Å². The molecule has 0 radical (unpaired) electrons. The predicted molar refractivity (Wildman–Crippen MR) is 103 cm³/mol. The molecule has 1 unspecified atom stereocenters. The van der Waals surface area contributed by atoms with Gasteiger partial charge in [-0.2, -0.15) is 5.10 Å². The van der Waals surface area contributed by atoms with Crippen LogP contribution >= 0.6 is 0 Å². The van der Waals surface area contributed by atoms with Gasteiger partial charge >= 0.3 is 0 Å². The van der Waals surface area contributed by atoms with Gasteiger partial charge in [0.05, 0.1) is 18.9 Å². The highest BCUT2D eigenvalue weighted by molar-refractivity contribution is 5.92. The van der Waals surface area contributed by atoms with Crippen LogP contribution in [0.25, 0.3) is 5.69 Å². The first-order valence-corrected chi connectivity index (χ1v) is 9.05. The van der Waals surface area contributed by atoms with Gasteiger partial charge in [-0.25, -0.2) is 4.68 Å². The summed E-state index contributed by atoms with van der Waals surface area (Å²) in [6.07, 6.45) is 5.80. The number of amides is 2. The van der Waals surface area contributed by atoms with Gasteiger partial charge < -0.3 is 25.6 Å². The average molecular weight is 398 g/mol. The van der Waals surface area contributed by atoms with E-state index >= 15 is 0 Å². The molecule has 29 heavy (non-hydrogen) atoms. The lowest BCUT2D eigenvalue weighted by Gasteiger charge is -2.08. The van der Waals surface area contributed by atoms with E-state index in [9.17, 15) is 14.7 Å². The van der Waals surface area contributed by atoms with Gasteiger partial charge in [-0.3, -0.25) is 9.59 Å². The highest BCUT2D eigenvalue weighted by Gasteiger charge is 2.26. The molecule has 1 aromatic carbocycles. The third-order valence-corrected chi connectivity index (χ3v) is 4.83. The number of rotatable bonds is 2. The quantitative estimate of drug-likeness (QED) is 0.590. The van der Waals surface area contributed by atoms with E-state index in [4.69, 9.17) is 22.0 Å². The first-order chi connectivity index (χ1) is 13.9. The van der Waals surface area contributed by atoms with Crippen LogP contribution < -0.4 is 10.5 Å². The monoisotopic (exact) mass is 398 g/mol. The maximum Gasteiger partial charge on any atom is 0.269 e. The first-order valence-electron chi connectivity index (χ1n) is 9.05. The number of aliphatic hydroxyl groups excluding tert-OH is 2. The number of likely N-dealkylation sites (N-methyl/N-ethyl adjacent to an activating group) is 1. The van der Waals surface area contributed by atoms with Gasteiger partial charge in [0.25, 0.3) is 11.8 Å². The molecule has 1 atom stereocenters. The van der Waals surface area contributed by atoms with Gasteiger partial charge in [-0.1, -0.05) is 5.92 Å². The van der Waals surface area contributed by atoms with Crippen molar-refractivity contribution in [3.63, 3.8) is 0 Å². The van der Waals surface area contributed by atoms with E-state index in [0.29, 0.717) is 54.3 Å². The number of carbonyl (C=O) groups is 2. The van der Waals surface area contributed by atoms with Crippen LogP contribution in [0.2, 0.25) is 0 Å². The molecule has 0 spiro atoms. The lowest BCUT2D eigenvalue weighted by Crippen LogP contribution is -2.24. The van der Waals surface area contributed by atoms with Crippen molar-refractivity contribution in [3.8, 4) is 23.8 Å². The summed E-state index contributed by atoms with van der Waals surface area (Å²) in [5, 5.41) is 22.5. The maximum absolute atomic E-state index is 11.5. The predicted octanol–water partition coefficient (Wildman–Crippen LogP) is -0.411. The number of fused-ring (bicyclic) bond motifs is 3. The molecule has 2 aliphatic heterocycles. The summed E-state index contributed by atoms with van der Waals surface area (Å²) in [4.78, 5) is 23.6. The zero-order valence-electron chi connectivity index (χ0n) is 16.0. The molecule has 9 heteroatoms. The van der Waals surface area contributed by atoms with Crippen LogP contribution in [0.15, 0.2) is 18.2 Å². The minimum atomic E-state index is -0.722. The number of hydrogen-bond donors (Lipinski definition) is 3. The van der Waals surface area contributed by atoms with E-state index in [1.54, 1.807) is 29.9 Å². The third kappa shape index (κ3) is 3.94. The molecule has 1 fully saturated rings. The number of nitrogens with two attached hydrogens (primary N) is 1. The molecule has 3 heterocycles. The van der Waals surface area contributed by atoms with Crippen molar-refractivity contribution in [1.29, 1.82) is 0 Å². The molecule has 4 rings (SSSR count). The zero-order valence-corrected chi connectivity index (χ0v) is 16.0. The largest absolute Gasteiger partial charge is 0.491 e. The zero-order chi connectivity index (χ0) is 21.1. The molecule has 4 N–H and O–H groups in total. The van der Waals surface area contributed by atoms with Gasteiger partial charge in [-0.15, -0.1) is 6.42 Å². The summed E-state index contributed by atoms with van der Waals surface area (Å²) < 4.78 is 7.24. The Balaban J connectivity index is 0.000000252. The lowest BCUT2D eigenvalue weighted by atomic mass is 10.1. The second-order valence-electron chi connectivity index (χ2n) is 6.70. The topological polar surface area (TPSA) is 131 Å². The Morgan fingerprint density at radius 1 is 1.48 bits per heavy atom. The molecular weight excluding hydrogens is 376 g/mol. The number of carbonyl (C=O) groups excluding carboxylic acids is 2. The van der Waals surface area contributed by atoms with E-state index in [2.05, 4.69) is 11.0 Å². The molecule has 0 bridgehead atoms. The second kappa shape index (κ2) is 8.34. The Labute approximate surface area is 167 Å². The highest BCUT2D eigenvalue weighted by Crippen LogP contribution is 2.30. The fraction of sp³-hybridized carbons (Fsp3) is 0.350.